The van der Waals surface area contributed by atoms with Gasteiger partial charge in [0.1, 0.15) is 6.10 Å². The van der Waals surface area contributed by atoms with E-state index in [2.05, 4.69) is 5.92 Å². The third kappa shape index (κ3) is 3.23. The van der Waals surface area contributed by atoms with E-state index in [0.717, 1.165) is 5.56 Å². The molecule has 0 aromatic heterocycles. The van der Waals surface area contributed by atoms with E-state index in [4.69, 9.17) is 11.2 Å². The average Bonchev–Trinajstić information content (AvgIpc) is 2.29. The van der Waals surface area contributed by atoms with Crippen molar-refractivity contribution >= 4 is 5.78 Å². The molecule has 1 atom stereocenters. The SMILES string of the molecule is C#CCCC(=O)C(OC)c1ccccc1. The largest absolute Gasteiger partial charge is 0.369 e. The number of benzene rings is 1. The average molecular weight is 202 g/mol. The van der Waals surface area contributed by atoms with Crippen LogP contribution in [-0.4, -0.2) is 12.9 Å². The van der Waals surface area contributed by atoms with E-state index in [-0.39, 0.29) is 5.78 Å². The van der Waals surface area contributed by atoms with Crippen molar-refractivity contribution in [2.24, 2.45) is 0 Å². The lowest BCUT2D eigenvalue weighted by atomic mass is 10.0. The first-order valence-corrected chi connectivity index (χ1v) is 4.83. The van der Waals surface area contributed by atoms with E-state index >= 15 is 0 Å². The third-order valence-corrected chi connectivity index (χ3v) is 2.15. The number of hydrogen-bond acceptors (Lipinski definition) is 2. The molecule has 0 fully saturated rings. The Hall–Kier alpha value is -1.59. The zero-order chi connectivity index (χ0) is 11.1. The second kappa shape index (κ2) is 6.00. The van der Waals surface area contributed by atoms with Gasteiger partial charge >= 0.3 is 0 Å². The van der Waals surface area contributed by atoms with Crippen molar-refractivity contribution in [3.63, 3.8) is 0 Å². The van der Waals surface area contributed by atoms with Crippen LogP contribution >= 0.6 is 0 Å². The van der Waals surface area contributed by atoms with Crippen LogP contribution in [0.3, 0.4) is 0 Å². The van der Waals surface area contributed by atoms with Gasteiger partial charge in [0.25, 0.3) is 0 Å². The van der Waals surface area contributed by atoms with E-state index < -0.39 is 6.10 Å². The maximum absolute atomic E-state index is 11.7. The Balaban J connectivity index is 2.72. The van der Waals surface area contributed by atoms with Crippen LogP contribution in [0.1, 0.15) is 24.5 Å². The second-order valence-corrected chi connectivity index (χ2v) is 3.20. The number of Topliss-reactive ketones (excluding diaryl/α,β-unsaturated/α-hetero) is 1. The summed E-state index contributed by atoms with van der Waals surface area (Å²) in [4.78, 5) is 11.7. The smallest absolute Gasteiger partial charge is 0.167 e. The minimum atomic E-state index is -0.487. The molecular weight excluding hydrogens is 188 g/mol. The van der Waals surface area contributed by atoms with E-state index in [1.807, 2.05) is 30.3 Å². The Labute approximate surface area is 90.3 Å². The highest BCUT2D eigenvalue weighted by Crippen LogP contribution is 2.19. The molecule has 0 N–H and O–H groups in total. The van der Waals surface area contributed by atoms with Gasteiger partial charge in [0.15, 0.2) is 5.78 Å². The number of ether oxygens (including phenoxy) is 1. The Morgan fingerprint density at radius 3 is 2.67 bits per heavy atom. The van der Waals surface area contributed by atoms with E-state index in [1.54, 1.807) is 0 Å². The molecule has 1 rings (SSSR count). The summed E-state index contributed by atoms with van der Waals surface area (Å²) in [5.74, 6) is 2.48. The first kappa shape index (κ1) is 11.5. The summed E-state index contributed by atoms with van der Waals surface area (Å²) in [6.07, 6.45) is 5.46. The molecule has 2 nitrogen and oxygen atoms in total. The van der Waals surface area contributed by atoms with E-state index in [0.29, 0.717) is 12.8 Å². The van der Waals surface area contributed by atoms with Gasteiger partial charge in [-0.25, -0.2) is 0 Å². The minimum Gasteiger partial charge on any atom is -0.369 e. The highest BCUT2D eigenvalue weighted by molar-refractivity contribution is 5.84. The fraction of sp³-hybridized carbons (Fsp3) is 0.308. The number of ketones is 1. The van der Waals surface area contributed by atoms with Crippen LogP contribution < -0.4 is 0 Å². The number of rotatable bonds is 5. The highest BCUT2D eigenvalue weighted by atomic mass is 16.5. The predicted molar refractivity (Wildman–Crippen MR) is 59.3 cm³/mol. The van der Waals surface area contributed by atoms with Crippen LogP contribution in [0.25, 0.3) is 0 Å². The van der Waals surface area contributed by atoms with Crippen LogP contribution in [0, 0.1) is 12.3 Å². The summed E-state index contributed by atoms with van der Waals surface area (Å²) >= 11 is 0. The molecule has 0 heterocycles. The lowest BCUT2D eigenvalue weighted by Crippen LogP contribution is -2.14. The highest BCUT2D eigenvalue weighted by Gasteiger charge is 2.18. The normalized spacial score (nSPS) is 11.7. The Morgan fingerprint density at radius 2 is 2.13 bits per heavy atom. The van der Waals surface area contributed by atoms with Crippen LogP contribution in [-0.2, 0) is 9.53 Å². The predicted octanol–water partition coefficient (Wildman–Crippen LogP) is 2.36. The number of hydrogen-bond donors (Lipinski definition) is 0. The Morgan fingerprint density at radius 1 is 1.47 bits per heavy atom. The molecule has 0 aliphatic carbocycles. The van der Waals surface area contributed by atoms with Crippen molar-refractivity contribution in [2.75, 3.05) is 7.11 Å². The summed E-state index contributed by atoms with van der Waals surface area (Å²) in [6.45, 7) is 0. The molecule has 15 heavy (non-hydrogen) atoms. The molecule has 0 aliphatic heterocycles. The van der Waals surface area contributed by atoms with Gasteiger partial charge in [-0.15, -0.1) is 12.3 Å². The van der Waals surface area contributed by atoms with Crippen LogP contribution in [0.15, 0.2) is 30.3 Å². The molecule has 0 saturated heterocycles. The standard InChI is InChI=1S/C13H14O2/c1-3-4-10-12(14)13(15-2)11-8-6-5-7-9-11/h1,5-9,13H,4,10H2,2H3. The van der Waals surface area contributed by atoms with Gasteiger partial charge in [-0.1, -0.05) is 30.3 Å². The Bertz CT molecular complexity index is 349. The first-order valence-electron chi connectivity index (χ1n) is 4.83. The molecule has 1 unspecified atom stereocenters. The molecular formula is C13H14O2. The summed E-state index contributed by atoms with van der Waals surface area (Å²) < 4.78 is 5.18. The summed E-state index contributed by atoms with van der Waals surface area (Å²) in [5, 5.41) is 0. The fourth-order valence-electron chi connectivity index (χ4n) is 1.41. The number of methoxy groups -OCH3 is 1. The van der Waals surface area contributed by atoms with Gasteiger partial charge < -0.3 is 4.74 Å². The molecule has 0 aliphatic rings. The van der Waals surface area contributed by atoms with Gasteiger partial charge in [0.2, 0.25) is 0 Å². The zero-order valence-electron chi connectivity index (χ0n) is 8.77. The molecule has 0 amide bonds. The number of carbonyl (C=O) groups is 1. The lowest BCUT2D eigenvalue weighted by molar-refractivity contribution is -0.129. The number of carbonyl (C=O) groups excluding carboxylic acids is 1. The molecule has 0 radical (unpaired) electrons. The van der Waals surface area contributed by atoms with Gasteiger partial charge in [-0.3, -0.25) is 4.79 Å². The van der Waals surface area contributed by atoms with Crippen molar-refractivity contribution < 1.29 is 9.53 Å². The summed E-state index contributed by atoms with van der Waals surface area (Å²) in [7, 11) is 1.53. The molecule has 0 spiro atoms. The van der Waals surface area contributed by atoms with Crippen molar-refractivity contribution in [3.8, 4) is 12.3 Å². The van der Waals surface area contributed by atoms with Gasteiger partial charge in [0.05, 0.1) is 0 Å². The Kier molecular flexibility index (Phi) is 4.59. The van der Waals surface area contributed by atoms with E-state index in [9.17, 15) is 4.79 Å². The molecule has 1 aromatic carbocycles. The van der Waals surface area contributed by atoms with Crippen molar-refractivity contribution in [1.29, 1.82) is 0 Å². The zero-order valence-corrected chi connectivity index (χ0v) is 8.77. The van der Waals surface area contributed by atoms with Gasteiger partial charge in [-0.05, 0) is 5.56 Å². The van der Waals surface area contributed by atoms with E-state index in [1.165, 1.54) is 7.11 Å². The van der Waals surface area contributed by atoms with Crippen LogP contribution in [0.5, 0.6) is 0 Å². The second-order valence-electron chi connectivity index (χ2n) is 3.20. The molecule has 1 aromatic rings. The lowest BCUT2D eigenvalue weighted by Gasteiger charge is -2.13. The monoisotopic (exact) mass is 202 g/mol. The topological polar surface area (TPSA) is 26.3 Å². The third-order valence-electron chi connectivity index (χ3n) is 2.15. The summed E-state index contributed by atoms with van der Waals surface area (Å²) in [5.41, 5.74) is 0.877. The van der Waals surface area contributed by atoms with Gasteiger partial charge in [-0.2, -0.15) is 0 Å². The number of terminal acetylenes is 1. The quantitative estimate of drug-likeness (QED) is 0.685. The van der Waals surface area contributed by atoms with Crippen molar-refractivity contribution in [3.05, 3.63) is 35.9 Å². The first-order chi connectivity index (χ1) is 7.29. The minimum absolute atomic E-state index is 0.0293. The maximum Gasteiger partial charge on any atom is 0.167 e. The maximum atomic E-state index is 11.7. The van der Waals surface area contributed by atoms with Crippen molar-refractivity contribution in [2.45, 2.75) is 18.9 Å². The summed E-state index contributed by atoms with van der Waals surface area (Å²) in [6, 6.07) is 9.43. The molecule has 0 saturated carbocycles. The van der Waals surface area contributed by atoms with Crippen LogP contribution in [0.4, 0.5) is 0 Å². The van der Waals surface area contributed by atoms with Crippen molar-refractivity contribution in [1.82, 2.24) is 0 Å². The molecule has 0 bridgehead atoms. The molecule has 78 valence electrons. The van der Waals surface area contributed by atoms with Gasteiger partial charge in [0, 0.05) is 20.0 Å². The molecule has 2 heteroatoms. The fourth-order valence-corrected chi connectivity index (χ4v) is 1.41. The van der Waals surface area contributed by atoms with Crippen LogP contribution in [0.2, 0.25) is 0 Å².